The number of rotatable bonds is 7. The van der Waals surface area contributed by atoms with Gasteiger partial charge in [-0.2, -0.15) is 0 Å². The van der Waals surface area contributed by atoms with E-state index in [0.29, 0.717) is 5.78 Å². The van der Waals surface area contributed by atoms with Crippen LogP contribution in [0, 0.1) is 10.8 Å². The smallest absolute Gasteiger partial charge is 0.143 e. The fourth-order valence-electron chi connectivity index (χ4n) is 3.00. The second-order valence-corrected chi connectivity index (χ2v) is 8.66. The van der Waals surface area contributed by atoms with E-state index in [4.69, 9.17) is 4.74 Å². The Hall–Kier alpha value is -0.370. The van der Waals surface area contributed by atoms with Crippen LogP contribution in [0.25, 0.3) is 0 Å². The van der Waals surface area contributed by atoms with E-state index in [9.17, 15) is 4.79 Å². The first kappa shape index (κ1) is 19.6. The molecular formula is C18H36O2. The van der Waals surface area contributed by atoms with Crippen molar-refractivity contribution >= 4 is 5.78 Å². The van der Waals surface area contributed by atoms with Gasteiger partial charge in [0.05, 0.1) is 11.2 Å². The molecule has 0 saturated carbocycles. The molecule has 2 heteroatoms. The highest BCUT2D eigenvalue weighted by Crippen LogP contribution is 2.40. The van der Waals surface area contributed by atoms with E-state index < -0.39 is 0 Å². The summed E-state index contributed by atoms with van der Waals surface area (Å²) in [4.78, 5) is 12.7. The molecule has 0 aromatic carbocycles. The van der Waals surface area contributed by atoms with Crippen molar-refractivity contribution in [3.05, 3.63) is 0 Å². The van der Waals surface area contributed by atoms with E-state index in [0.717, 1.165) is 19.3 Å². The average molecular weight is 284 g/mol. The lowest BCUT2D eigenvalue weighted by molar-refractivity contribution is -0.161. The maximum absolute atomic E-state index is 12.7. The van der Waals surface area contributed by atoms with Crippen LogP contribution < -0.4 is 0 Å². The monoisotopic (exact) mass is 284 g/mol. The van der Waals surface area contributed by atoms with E-state index in [1.807, 2.05) is 20.8 Å². The summed E-state index contributed by atoms with van der Waals surface area (Å²) in [7, 11) is 0. The van der Waals surface area contributed by atoms with Gasteiger partial charge in [0.15, 0.2) is 0 Å². The molecule has 120 valence electrons. The SMILES string of the molecule is CCC(C)(C)OC(C)(CC)CC(C)(C)C(=O)C(C)(C)C. The van der Waals surface area contributed by atoms with Gasteiger partial charge in [-0.1, -0.05) is 48.5 Å². The van der Waals surface area contributed by atoms with Crippen LogP contribution in [0.1, 0.15) is 88.5 Å². The van der Waals surface area contributed by atoms with E-state index in [1.54, 1.807) is 0 Å². The second-order valence-electron chi connectivity index (χ2n) is 8.66. The number of Topliss-reactive ketones (excluding diaryl/α,β-unsaturated/α-hetero) is 1. The standard InChI is InChI=1S/C18H36O2/c1-11-17(8,9)20-18(10,12-2)13-16(6,7)14(19)15(3,4)5/h11-13H2,1-10H3. The van der Waals surface area contributed by atoms with Gasteiger partial charge in [0.25, 0.3) is 0 Å². The lowest BCUT2D eigenvalue weighted by Crippen LogP contribution is -2.45. The fraction of sp³-hybridized carbons (Fsp3) is 0.944. The molecule has 0 bridgehead atoms. The highest BCUT2D eigenvalue weighted by molar-refractivity contribution is 5.88. The lowest BCUT2D eigenvalue weighted by Gasteiger charge is -2.43. The molecule has 0 spiro atoms. The molecule has 1 unspecified atom stereocenters. The summed E-state index contributed by atoms with van der Waals surface area (Å²) in [5.74, 6) is 0.308. The zero-order valence-electron chi connectivity index (χ0n) is 15.4. The van der Waals surface area contributed by atoms with Gasteiger partial charge in [-0.3, -0.25) is 4.79 Å². The third kappa shape index (κ3) is 5.55. The van der Waals surface area contributed by atoms with Crippen LogP contribution >= 0.6 is 0 Å². The minimum Gasteiger partial charge on any atom is -0.369 e. The van der Waals surface area contributed by atoms with Crippen molar-refractivity contribution in [1.82, 2.24) is 0 Å². The molecule has 0 aromatic heterocycles. The van der Waals surface area contributed by atoms with Crippen LogP contribution in [0.2, 0.25) is 0 Å². The third-order valence-electron chi connectivity index (χ3n) is 4.23. The Morgan fingerprint density at radius 3 is 1.60 bits per heavy atom. The number of ether oxygens (including phenoxy) is 1. The Kier molecular flexibility index (Phi) is 6.06. The van der Waals surface area contributed by atoms with Gasteiger partial charge in [0.2, 0.25) is 0 Å². The molecule has 0 amide bonds. The highest BCUT2D eigenvalue weighted by atomic mass is 16.5. The molecule has 0 aliphatic heterocycles. The summed E-state index contributed by atoms with van der Waals surface area (Å²) in [6.45, 7) is 20.8. The summed E-state index contributed by atoms with van der Waals surface area (Å²) < 4.78 is 6.37. The normalized spacial score (nSPS) is 16.9. The van der Waals surface area contributed by atoms with E-state index >= 15 is 0 Å². The summed E-state index contributed by atoms with van der Waals surface area (Å²) in [5.41, 5.74) is -1.08. The van der Waals surface area contributed by atoms with E-state index in [2.05, 4.69) is 48.5 Å². The number of hydrogen-bond acceptors (Lipinski definition) is 2. The van der Waals surface area contributed by atoms with Crippen LogP contribution in [0.15, 0.2) is 0 Å². The summed E-state index contributed by atoms with van der Waals surface area (Å²) >= 11 is 0. The molecule has 0 saturated heterocycles. The van der Waals surface area contributed by atoms with Crippen LogP contribution in [0.3, 0.4) is 0 Å². The van der Waals surface area contributed by atoms with Crippen molar-refractivity contribution in [2.24, 2.45) is 10.8 Å². The Balaban J connectivity index is 5.17. The molecule has 0 aliphatic rings. The molecule has 20 heavy (non-hydrogen) atoms. The first-order valence-corrected chi connectivity index (χ1v) is 7.94. The molecule has 1 atom stereocenters. The summed E-state index contributed by atoms with van der Waals surface area (Å²) in [5, 5.41) is 0. The Morgan fingerprint density at radius 1 is 0.850 bits per heavy atom. The Labute approximate surface area is 126 Å². The number of ketones is 1. The highest BCUT2D eigenvalue weighted by Gasteiger charge is 2.42. The Bertz CT molecular complexity index is 334. The fourth-order valence-corrected chi connectivity index (χ4v) is 3.00. The van der Waals surface area contributed by atoms with Gasteiger partial charge < -0.3 is 4.74 Å². The zero-order chi connectivity index (χ0) is 16.4. The van der Waals surface area contributed by atoms with Gasteiger partial charge in [0, 0.05) is 10.8 Å². The minimum atomic E-state index is -0.368. The zero-order valence-corrected chi connectivity index (χ0v) is 15.4. The predicted octanol–water partition coefficient (Wildman–Crippen LogP) is 5.39. The largest absolute Gasteiger partial charge is 0.369 e. The topological polar surface area (TPSA) is 26.3 Å². The van der Waals surface area contributed by atoms with Crippen molar-refractivity contribution in [2.45, 2.75) is 99.7 Å². The molecule has 0 heterocycles. The van der Waals surface area contributed by atoms with Crippen LogP contribution in [0.5, 0.6) is 0 Å². The molecule has 0 fully saturated rings. The quantitative estimate of drug-likeness (QED) is 0.626. The van der Waals surface area contributed by atoms with Crippen molar-refractivity contribution in [2.75, 3.05) is 0 Å². The number of carbonyl (C=O) groups excluding carboxylic acids is 1. The van der Waals surface area contributed by atoms with Gasteiger partial charge in [-0.25, -0.2) is 0 Å². The maximum Gasteiger partial charge on any atom is 0.143 e. The van der Waals surface area contributed by atoms with Gasteiger partial charge >= 0.3 is 0 Å². The number of hydrogen-bond donors (Lipinski definition) is 0. The Morgan fingerprint density at radius 2 is 1.30 bits per heavy atom. The molecule has 0 radical (unpaired) electrons. The van der Waals surface area contributed by atoms with Crippen LogP contribution in [0.4, 0.5) is 0 Å². The second kappa shape index (κ2) is 6.17. The summed E-state index contributed by atoms with van der Waals surface area (Å²) in [6.07, 6.45) is 2.64. The first-order valence-electron chi connectivity index (χ1n) is 7.94. The molecule has 0 N–H and O–H groups in total. The molecule has 2 nitrogen and oxygen atoms in total. The minimum absolute atomic E-state index is 0.147. The van der Waals surface area contributed by atoms with Gasteiger partial charge in [-0.05, 0) is 40.0 Å². The van der Waals surface area contributed by atoms with Crippen molar-refractivity contribution < 1.29 is 9.53 Å². The third-order valence-corrected chi connectivity index (χ3v) is 4.23. The van der Waals surface area contributed by atoms with Crippen LogP contribution in [-0.2, 0) is 9.53 Å². The average Bonchev–Trinajstić information content (AvgIpc) is 2.25. The summed E-state index contributed by atoms with van der Waals surface area (Å²) in [6, 6.07) is 0. The predicted molar refractivity (Wildman–Crippen MR) is 87.0 cm³/mol. The van der Waals surface area contributed by atoms with E-state index in [-0.39, 0.29) is 22.0 Å². The van der Waals surface area contributed by atoms with Crippen molar-refractivity contribution in [3.63, 3.8) is 0 Å². The molecule has 0 aliphatic carbocycles. The van der Waals surface area contributed by atoms with E-state index in [1.165, 1.54) is 0 Å². The molecule has 0 rings (SSSR count). The molecule has 0 aromatic rings. The number of carbonyl (C=O) groups is 1. The molecular weight excluding hydrogens is 248 g/mol. The maximum atomic E-state index is 12.7. The van der Waals surface area contributed by atoms with Gasteiger partial charge in [-0.15, -0.1) is 0 Å². The lowest BCUT2D eigenvalue weighted by atomic mass is 9.69. The van der Waals surface area contributed by atoms with Crippen LogP contribution in [-0.4, -0.2) is 17.0 Å². The van der Waals surface area contributed by atoms with Crippen molar-refractivity contribution in [3.8, 4) is 0 Å². The van der Waals surface area contributed by atoms with Gasteiger partial charge in [0.1, 0.15) is 5.78 Å². The first-order chi connectivity index (χ1) is 8.69. The van der Waals surface area contributed by atoms with Crippen molar-refractivity contribution in [1.29, 1.82) is 0 Å².